The molecule has 1 heterocycles. The van der Waals surface area contributed by atoms with E-state index in [9.17, 15) is 0 Å². The third-order valence-electron chi connectivity index (χ3n) is 3.68. The molecule has 0 bridgehead atoms. The van der Waals surface area contributed by atoms with E-state index in [0.717, 1.165) is 30.1 Å². The Bertz CT molecular complexity index is 768. The highest BCUT2D eigenvalue weighted by atomic mass is 32.2. The lowest BCUT2D eigenvalue weighted by atomic mass is 10.2. The second-order valence-corrected chi connectivity index (χ2v) is 6.70. The van der Waals surface area contributed by atoms with Crippen LogP contribution in [-0.4, -0.2) is 26.0 Å². The average Bonchev–Trinajstić information content (AvgIpc) is 3.04. The van der Waals surface area contributed by atoms with E-state index in [1.165, 1.54) is 16.0 Å². The molecule has 0 spiro atoms. The molecule has 23 heavy (non-hydrogen) atoms. The van der Waals surface area contributed by atoms with E-state index in [4.69, 9.17) is 0 Å². The van der Waals surface area contributed by atoms with Gasteiger partial charge >= 0.3 is 0 Å². The summed E-state index contributed by atoms with van der Waals surface area (Å²) in [6, 6.07) is 16.6. The van der Waals surface area contributed by atoms with Crippen LogP contribution in [0, 0.1) is 13.8 Å². The molecule has 2 aromatic carbocycles. The van der Waals surface area contributed by atoms with Crippen LogP contribution in [0.1, 0.15) is 23.4 Å². The highest BCUT2D eigenvalue weighted by molar-refractivity contribution is 7.99. The Morgan fingerprint density at radius 2 is 1.87 bits per heavy atom. The van der Waals surface area contributed by atoms with Crippen molar-refractivity contribution in [3.8, 4) is 5.69 Å². The number of tetrazole rings is 1. The fourth-order valence-electron chi connectivity index (χ4n) is 2.41. The predicted molar refractivity (Wildman–Crippen MR) is 94.1 cm³/mol. The zero-order valence-electron chi connectivity index (χ0n) is 13.4. The number of hydrogen-bond donors (Lipinski definition) is 0. The second-order valence-electron chi connectivity index (χ2n) is 5.56. The van der Waals surface area contributed by atoms with Gasteiger partial charge in [-0.3, -0.25) is 0 Å². The van der Waals surface area contributed by atoms with Crippen LogP contribution in [0.4, 0.5) is 0 Å². The summed E-state index contributed by atoms with van der Waals surface area (Å²) in [7, 11) is 0. The number of para-hydroxylation sites is 1. The zero-order valence-corrected chi connectivity index (χ0v) is 14.3. The standard InChI is InChI=1S/C18H20N4S/c1-14-10-11-15(2)17(13-14)23-12-6-9-18-19-20-21-22(18)16-7-4-3-5-8-16/h3-5,7-8,10-11,13H,6,9,12H2,1-2H3. The van der Waals surface area contributed by atoms with Gasteiger partial charge in [0.1, 0.15) is 0 Å². The smallest absolute Gasteiger partial charge is 0.156 e. The molecule has 0 radical (unpaired) electrons. The Kier molecular flexibility index (Phi) is 5.08. The fourth-order valence-corrected chi connectivity index (χ4v) is 3.48. The van der Waals surface area contributed by atoms with Crippen molar-refractivity contribution >= 4 is 11.8 Å². The molecule has 5 heteroatoms. The van der Waals surface area contributed by atoms with Crippen LogP contribution in [0.15, 0.2) is 53.4 Å². The number of benzene rings is 2. The SMILES string of the molecule is Cc1ccc(C)c(SCCCc2nnnn2-c2ccccc2)c1. The molecule has 3 aromatic rings. The summed E-state index contributed by atoms with van der Waals surface area (Å²) < 4.78 is 1.82. The molecule has 0 amide bonds. The summed E-state index contributed by atoms with van der Waals surface area (Å²) >= 11 is 1.91. The molecule has 3 rings (SSSR count). The van der Waals surface area contributed by atoms with Gasteiger partial charge in [0.2, 0.25) is 0 Å². The first-order chi connectivity index (χ1) is 11.2. The third-order valence-corrected chi connectivity index (χ3v) is 4.92. The maximum Gasteiger partial charge on any atom is 0.156 e. The van der Waals surface area contributed by atoms with E-state index in [1.807, 2.05) is 46.8 Å². The Labute approximate surface area is 140 Å². The monoisotopic (exact) mass is 324 g/mol. The maximum atomic E-state index is 4.16. The Morgan fingerprint density at radius 1 is 1.04 bits per heavy atom. The number of thioether (sulfide) groups is 1. The summed E-state index contributed by atoms with van der Waals surface area (Å²) in [5.41, 5.74) is 3.66. The van der Waals surface area contributed by atoms with Crippen molar-refractivity contribution in [3.05, 3.63) is 65.5 Å². The van der Waals surface area contributed by atoms with Gasteiger partial charge in [-0.1, -0.05) is 35.9 Å². The van der Waals surface area contributed by atoms with E-state index in [-0.39, 0.29) is 0 Å². The normalized spacial score (nSPS) is 10.9. The van der Waals surface area contributed by atoms with Crippen molar-refractivity contribution in [2.75, 3.05) is 5.75 Å². The minimum atomic E-state index is 0.875. The number of aromatic nitrogens is 4. The second kappa shape index (κ2) is 7.42. The van der Waals surface area contributed by atoms with Gasteiger partial charge in [0.15, 0.2) is 5.82 Å². The van der Waals surface area contributed by atoms with Crippen LogP contribution in [0.2, 0.25) is 0 Å². The first-order valence-electron chi connectivity index (χ1n) is 7.77. The summed E-state index contributed by atoms with van der Waals surface area (Å²) in [4.78, 5) is 1.37. The predicted octanol–water partition coefficient (Wildman–Crippen LogP) is 4.00. The lowest BCUT2D eigenvalue weighted by Gasteiger charge is -2.07. The van der Waals surface area contributed by atoms with Gasteiger partial charge in [0.05, 0.1) is 5.69 Å². The minimum absolute atomic E-state index is 0.875. The van der Waals surface area contributed by atoms with Gasteiger partial charge in [0, 0.05) is 11.3 Å². The molecular weight excluding hydrogens is 304 g/mol. The van der Waals surface area contributed by atoms with E-state index in [0.29, 0.717) is 0 Å². The number of nitrogens with zero attached hydrogens (tertiary/aromatic N) is 4. The molecule has 0 aliphatic heterocycles. The molecule has 0 saturated heterocycles. The van der Waals surface area contributed by atoms with Crippen molar-refractivity contribution in [2.24, 2.45) is 0 Å². The number of rotatable bonds is 6. The first kappa shape index (κ1) is 15.7. The molecule has 0 aliphatic carbocycles. The van der Waals surface area contributed by atoms with Gasteiger partial charge in [-0.25, -0.2) is 0 Å². The van der Waals surface area contributed by atoms with Crippen LogP contribution in [0.5, 0.6) is 0 Å². The van der Waals surface area contributed by atoms with E-state index < -0.39 is 0 Å². The molecule has 0 saturated carbocycles. The molecule has 0 N–H and O–H groups in total. The van der Waals surface area contributed by atoms with Crippen LogP contribution < -0.4 is 0 Å². The van der Waals surface area contributed by atoms with Crippen molar-refractivity contribution in [3.63, 3.8) is 0 Å². The lowest BCUT2D eigenvalue weighted by Crippen LogP contribution is -2.03. The highest BCUT2D eigenvalue weighted by Crippen LogP contribution is 2.24. The summed E-state index contributed by atoms with van der Waals surface area (Å²) in [5.74, 6) is 1.98. The molecular formula is C18H20N4S. The van der Waals surface area contributed by atoms with Crippen molar-refractivity contribution in [2.45, 2.75) is 31.6 Å². The fraction of sp³-hybridized carbons (Fsp3) is 0.278. The van der Waals surface area contributed by atoms with Crippen LogP contribution in [0.3, 0.4) is 0 Å². The van der Waals surface area contributed by atoms with Crippen molar-refractivity contribution in [1.29, 1.82) is 0 Å². The molecule has 0 atom stereocenters. The largest absolute Gasteiger partial charge is 0.197 e. The van der Waals surface area contributed by atoms with Crippen molar-refractivity contribution in [1.82, 2.24) is 20.2 Å². The molecule has 4 nitrogen and oxygen atoms in total. The Morgan fingerprint density at radius 3 is 2.70 bits per heavy atom. The number of aryl methyl sites for hydroxylation is 3. The van der Waals surface area contributed by atoms with Crippen molar-refractivity contribution < 1.29 is 0 Å². The maximum absolute atomic E-state index is 4.16. The van der Waals surface area contributed by atoms with Gasteiger partial charge in [0.25, 0.3) is 0 Å². The first-order valence-corrected chi connectivity index (χ1v) is 8.75. The molecule has 0 aliphatic rings. The van der Waals surface area contributed by atoms with Crippen LogP contribution >= 0.6 is 11.8 Å². The van der Waals surface area contributed by atoms with Crippen LogP contribution in [0.25, 0.3) is 5.69 Å². The summed E-state index contributed by atoms with van der Waals surface area (Å²) in [5, 5.41) is 12.1. The minimum Gasteiger partial charge on any atom is -0.197 e. The molecule has 1 aromatic heterocycles. The van der Waals surface area contributed by atoms with Gasteiger partial charge < -0.3 is 0 Å². The lowest BCUT2D eigenvalue weighted by molar-refractivity contribution is 0.747. The molecule has 0 unspecified atom stereocenters. The zero-order chi connectivity index (χ0) is 16.1. The Balaban J connectivity index is 1.58. The summed E-state index contributed by atoms with van der Waals surface area (Å²) in [6.45, 7) is 4.30. The van der Waals surface area contributed by atoms with Gasteiger partial charge in [-0.15, -0.1) is 16.9 Å². The molecule has 0 fully saturated rings. The number of hydrogen-bond acceptors (Lipinski definition) is 4. The van der Waals surface area contributed by atoms with Gasteiger partial charge in [-0.05, 0) is 60.2 Å². The third kappa shape index (κ3) is 3.99. The average molecular weight is 324 g/mol. The van der Waals surface area contributed by atoms with E-state index >= 15 is 0 Å². The summed E-state index contributed by atoms with van der Waals surface area (Å²) in [6.07, 6.45) is 1.92. The highest BCUT2D eigenvalue weighted by Gasteiger charge is 2.08. The van der Waals surface area contributed by atoms with E-state index in [2.05, 4.69) is 47.6 Å². The Hall–Kier alpha value is -2.14. The molecule has 118 valence electrons. The van der Waals surface area contributed by atoms with E-state index in [1.54, 1.807) is 0 Å². The van der Waals surface area contributed by atoms with Gasteiger partial charge in [-0.2, -0.15) is 4.68 Å². The quantitative estimate of drug-likeness (QED) is 0.508. The van der Waals surface area contributed by atoms with Crippen LogP contribution in [-0.2, 0) is 6.42 Å². The topological polar surface area (TPSA) is 43.6 Å².